The third kappa shape index (κ3) is 3.14. The highest BCUT2D eigenvalue weighted by molar-refractivity contribution is 7.99. The molecule has 0 atom stereocenters. The molecule has 2 aromatic rings. The average Bonchev–Trinajstić information content (AvgIpc) is 2.49. The molecule has 1 aliphatic rings. The van der Waals surface area contributed by atoms with Crippen molar-refractivity contribution in [2.24, 2.45) is 5.73 Å². The highest BCUT2D eigenvalue weighted by Gasteiger charge is 2.15. The lowest BCUT2D eigenvalue weighted by molar-refractivity contribution is 0.656. The van der Waals surface area contributed by atoms with E-state index >= 15 is 0 Å². The normalized spacial score (nSPS) is 14.0. The first-order valence-electron chi connectivity index (χ1n) is 7.64. The Hall–Kier alpha value is -1.32. The van der Waals surface area contributed by atoms with Crippen molar-refractivity contribution in [2.45, 2.75) is 56.0 Å². The SMILES string of the molecule is Cc1ccc(Sc2nc3c(cc2CN)CCCC3)c(C)c1. The molecule has 1 aromatic carbocycles. The molecule has 3 heteroatoms. The fraction of sp³-hybridized carbons (Fsp3) is 0.389. The molecule has 110 valence electrons. The lowest BCUT2D eigenvalue weighted by atomic mass is 9.95. The topological polar surface area (TPSA) is 38.9 Å². The number of hydrogen-bond donors (Lipinski definition) is 1. The first-order valence-corrected chi connectivity index (χ1v) is 8.46. The Balaban J connectivity index is 1.97. The highest BCUT2D eigenvalue weighted by Crippen LogP contribution is 2.34. The molecule has 0 saturated heterocycles. The molecule has 0 spiro atoms. The van der Waals surface area contributed by atoms with E-state index in [2.05, 4.69) is 38.1 Å². The van der Waals surface area contributed by atoms with E-state index in [1.807, 2.05) is 0 Å². The summed E-state index contributed by atoms with van der Waals surface area (Å²) in [6.07, 6.45) is 4.81. The van der Waals surface area contributed by atoms with Crippen LogP contribution >= 0.6 is 11.8 Å². The highest BCUT2D eigenvalue weighted by atomic mass is 32.2. The molecule has 0 aliphatic heterocycles. The van der Waals surface area contributed by atoms with E-state index < -0.39 is 0 Å². The van der Waals surface area contributed by atoms with Crippen LogP contribution in [0.5, 0.6) is 0 Å². The van der Waals surface area contributed by atoms with Gasteiger partial charge in [0.15, 0.2) is 0 Å². The number of aromatic nitrogens is 1. The standard InChI is InChI=1S/C18H22N2S/c1-12-7-8-17(13(2)9-12)21-18-15(11-19)10-14-5-3-4-6-16(14)20-18/h7-10H,3-6,11,19H2,1-2H3. The second kappa shape index (κ2) is 6.20. The predicted octanol–water partition coefficient (Wildman–Crippen LogP) is 4.19. The molecule has 3 rings (SSSR count). The Labute approximate surface area is 131 Å². The van der Waals surface area contributed by atoms with Crippen LogP contribution < -0.4 is 5.73 Å². The van der Waals surface area contributed by atoms with Gasteiger partial charge < -0.3 is 5.73 Å². The van der Waals surface area contributed by atoms with Crippen molar-refractivity contribution in [2.75, 3.05) is 0 Å². The Morgan fingerprint density at radius 1 is 1.14 bits per heavy atom. The van der Waals surface area contributed by atoms with E-state index in [0.29, 0.717) is 6.54 Å². The minimum absolute atomic E-state index is 0.563. The van der Waals surface area contributed by atoms with Gasteiger partial charge in [-0.3, -0.25) is 0 Å². The fourth-order valence-electron chi connectivity index (χ4n) is 2.91. The van der Waals surface area contributed by atoms with Gasteiger partial charge in [-0.1, -0.05) is 35.5 Å². The Bertz CT molecular complexity index is 665. The summed E-state index contributed by atoms with van der Waals surface area (Å²) in [6.45, 7) is 4.85. The minimum atomic E-state index is 0.563. The lowest BCUT2D eigenvalue weighted by Gasteiger charge is -2.18. The maximum Gasteiger partial charge on any atom is 0.106 e. The predicted molar refractivity (Wildman–Crippen MR) is 88.8 cm³/mol. The lowest BCUT2D eigenvalue weighted by Crippen LogP contribution is -2.10. The van der Waals surface area contributed by atoms with Gasteiger partial charge in [-0.2, -0.15) is 0 Å². The molecule has 0 fully saturated rings. The summed E-state index contributed by atoms with van der Waals surface area (Å²) >= 11 is 1.76. The van der Waals surface area contributed by atoms with Gasteiger partial charge in [0.25, 0.3) is 0 Å². The largest absolute Gasteiger partial charge is 0.326 e. The summed E-state index contributed by atoms with van der Waals surface area (Å²) in [5, 5.41) is 1.09. The molecule has 1 heterocycles. The maximum absolute atomic E-state index is 5.95. The third-order valence-corrected chi connectivity index (χ3v) is 5.32. The quantitative estimate of drug-likeness (QED) is 0.923. The van der Waals surface area contributed by atoms with Gasteiger partial charge in [-0.05, 0) is 62.3 Å². The number of rotatable bonds is 3. The van der Waals surface area contributed by atoms with Crippen molar-refractivity contribution in [3.63, 3.8) is 0 Å². The second-order valence-corrected chi connectivity index (χ2v) is 6.87. The van der Waals surface area contributed by atoms with Crippen LogP contribution in [0.15, 0.2) is 34.2 Å². The number of nitrogens with two attached hydrogens (primary N) is 1. The number of fused-ring (bicyclic) bond motifs is 1. The van der Waals surface area contributed by atoms with E-state index in [-0.39, 0.29) is 0 Å². The van der Waals surface area contributed by atoms with Gasteiger partial charge in [0.2, 0.25) is 0 Å². The van der Waals surface area contributed by atoms with Crippen LogP contribution in [0.25, 0.3) is 0 Å². The fourth-order valence-corrected chi connectivity index (χ4v) is 3.91. The van der Waals surface area contributed by atoms with Crippen LogP contribution in [0.1, 0.15) is 40.8 Å². The molecular weight excluding hydrogens is 276 g/mol. The van der Waals surface area contributed by atoms with E-state index in [4.69, 9.17) is 10.7 Å². The molecule has 0 saturated carbocycles. The summed E-state index contributed by atoms with van der Waals surface area (Å²) in [6, 6.07) is 8.86. The zero-order valence-corrected chi connectivity index (χ0v) is 13.6. The van der Waals surface area contributed by atoms with Crippen LogP contribution in [0, 0.1) is 13.8 Å². The van der Waals surface area contributed by atoms with Crippen LogP contribution in [-0.2, 0) is 19.4 Å². The van der Waals surface area contributed by atoms with Crippen LogP contribution in [0.2, 0.25) is 0 Å². The van der Waals surface area contributed by atoms with Crippen LogP contribution in [0.3, 0.4) is 0 Å². The van der Waals surface area contributed by atoms with E-state index in [0.717, 1.165) is 17.9 Å². The Morgan fingerprint density at radius 2 is 1.95 bits per heavy atom. The summed E-state index contributed by atoms with van der Waals surface area (Å²) in [4.78, 5) is 6.20. The van der Waals surface area contributed by atoms with Crippen LogP contribution in [0.4, 0.5) is 0 Å². The molecule has 21 heavy (non-hydrogen) atoms. The van der Waals surface area contributed by atoms with Crippen LogP contribution in [-0.4, -0.2) is 4.98 Å². The summed E-state index contributed by atoms with van der Waals surface area (Å²) in [5.41, 5.74) is 12.4. The Kier molecular flexibility index (Phi) is 4.32. The van der Waals surface area contributed by atoms with E-state index in [1.54, 1.807) is 11.8 Å². The smallest absolute Gasteiger partial charge is 0.106 e. The van der Waals surface area contributed by atoms with Crippen molar-refractivity contribution in [3.05, 3.63) is 52.2 Å². The molecule has 2 N–H and O–H groups in total. The van der Waals surface area contributed by atoms with Crippen molar-refractivity contribution in [3.8, 4) is 0 Å². The first kappa shape index (κ1) is 14.6. The number of benzene rings is 1. The van der Waals surface area contributed by atoms with Gasteiger partial charge in [-0.15, -0.1) is 0 Å². The van der Waals surface area contributed by atoms with E-state index in [1.165, 1.54) is 45.7 Å². The zero-order chi connectivity index (χ0) is 14.8. The summed E-state index contributed by atoms with van der Waals surface area (Å²) in [7, 11) is 0. The molecule has 2 nitrogen and oxygen atoms in total. The molecule has 0 bridgehead atoms. The maximum atomic E-state index is 5.95. The van der Waals surface area contributed by atoms with Crippen molar-refractivity contribution in [1.82, 2.24) is 4.98 Å². The number of aryl methyl sites for hydroxylation is 4. The monoisotopic (exact) mass is 298 g/mol. The van der Waals surface area contributed by atoms with Gasteiger partial charge in [0.1, 0.15) is 5.03 Å². The molecule has 1 aliphatic carbocycles. The van der Waals surface area contributed by atoms with Gasteiger partial charge in [0, 0.05) is 17.1 Å². The number of nitrogens with zero attached hydrogens (tertiary/aromatic N) is 1. The van der Waals surface area contributed by atoms with Gasteiger partial charge in [-0.25, -0.2) is 4.98 Å². The summed E-state index contributed by atoms with van der Waals surface area (Å²) < 4.78 is 0. The average molecular weight is 298 g/mol. The first-order chi connectivity index (χ1) is 10.2. The van der Waals surface area contributed by atoms with Crippen molar-refractivity contribution in [1.29, 1.82) is 0 Å². The second-order valence-electron chi connectivity index (χ2n) is 5.84. The Morgan fingerprint density at radius 3 is 2.71 bits per heavy atom. The minimum Gasteiger partial charge on any atom is -0.326 e. The third-order valence-electron chi connectivity index (χ3n) is 4.10. The number of hydrogen-bond acceptors (Lipinski definition) is 3. The van der Waals surface area contributed by atoms with Crippen molar-refractivity contribution < 1.29 is 0 Å². The zero-order valence-electron chi connectivity index (χ0n) is 12.8. The van der Waals surface area contributed by atoms with Gasteiger partial charge in [0.05, 0.1) is 0 Å². The molecule has 0 amide bonds. The molecule has 1 aromatic heterocycles. The van der Waals surface area contributed by atoms with E-state index in [9.17, 15) is 0 Å². The van der Waals surface area contributed by atoms with Crippen molar-refractivity contribution >= 4 is 11.8 Å². The molecule has 0 unspecified atom stereocenters. The molecule has 0 radical (unpaired) electrons. The van der Waals surface area contributed by atoms with Gasteiger partial charge >= 0.3 is 0 Å². The number of pyridine rings is 1. The summed E-state index contributed by atoms with van der Waals surface area (Å²) in [5.74, 6) is 0. The molecular formula is C18H22N2S.